The van der Waals surface area contributed by atoms with Crippen molar-refractivity contribution >= 4 is 21.6 Å². The second-order valence-electron chi connectivity index (χ2n) is 7.28. The Morgan fingerprint density at radius 1 is 1.10 bits per heavy atom. The van der Waals surface area contributed by atoms with Gasteiger partial charge in [-0.2, -0.15) is 0 Å². The van der Waals surface area contributed by atoms with Gasteiger partial charge in [0.1, 0.15) is 5.75 Å². The molecule has 7 heteroatoms. The molecule has 1 unspecified atom stereocenters. The average molecular weight is 433 g/mol. The number of ether oxygens (including phenoxy) is 1. The summed E-state index contributed by atoms with van der Waals surface area (Å²) < 4.78 is 31.6. The lowest BCUT2D eigenvalue weighted by Gasteiger charge is -2.24. The van der Waals surface area contributed by atoms with Crippen LogP contribution in [0.2, 0.25) is 0 Å². The van der Waals surface area contributed by atoms with Crippen LogP contribution in [0.4, 0.5) is 5.69 Å². The van der Waals surface area contributed by atoms with Crippen LogP contribution < -0.4 is 14.4 Å². The maximum absolute atomic E-state index is 12.5. The molecule has 1 atom stereocenters. The molecular weight excluding hydrogens is 400 g/mol. The number of aryl methyl sites for hydroxylation is 1. The number of hydrogen-bond acceptors (Lipinski definition) is 4. The van der Waals surface area contributed by atoms with Crippen molar-refractivity contribution in [3.05, 3.63) is 59.7 Å². The van der Waals surface area contributed by atoms with Gasteiger partial charge in [-0.3, -0.25) is 9.10 Å². The Bertz CT molecular complexity index is 926. The highest BCUT2D eigenvalue weighted by molar-refractivity contribution is 7.92. The van der Waals surface area contributed by atoms with Crippen LogP contribution in [0.3, 0.4) is 0 Å². The number of para-hydroxylation sites is 2. The number of nitrogens with one attached hydrogen (secondary N) is 1. The Hall–Kier alpha value is -2.54. The standard InChI is InChI=1S/C23H32N2O4S/c1-5-20(19-15-13-18(3)14-16-19)24-23(26)12-9-17-25(30(4,27)28)21-10-7-8-11-22(21)29-6-2/h7-8,10-11,13-16,20H,5-6,9,12,17H2,1-4H3,(H,24,26). The van der Waals surface area contributed by atoms with Crippen molar-refractivity contribution in [3.8, 4) is 5.75 Å². The normalized spacial score (nSPS) is 12.3. The Morgan fingerprint density at radius 3 is 2.37 bits per heavy atom. The summed E-state index contributed by atoms with van der Waals surface area (Å²) in [5.74, 6) is 0.425. The summed E-state index contributed by atoms with van der Waals surface area (Å²) in [6, 6.07) is 15.1. The van der Waals surface area contributed by atoms with Gasteiger partial charge < -0.3 is 10.1 Å². The zero-order valence-electron chi connectivity index (χ0n) is 18.2. The first-order chi connectivity index (χ1) is 14.3. The van der Waals surface area contributed by atoms with Gasteiger partial charge in [0.25, 0.3) is 0 Å². The van der Waals surface area contributed by atoms with Crippen molar-refractivity contribution in [2.75, 3.05) is 23.7 Å². The van der Waals surface area contributed by atoms with Crippen LogP contribution in [0.15, 0.2) is 48.5 Å². The smallest absolute Gasteiger partial charge is 0.232 e. The number of benzene rings is 2. The summed E-state index contributed by atoms with van der Waals surface area (Å²) in [6.45, 7) is 6.55. The first-order valence-electron chi connectivity index (χ1n) is 10.3. The fourth-order valence-electron chi connectivity index (χ4n) is 3.28. The topological polar surface area (TPSA) is 75.7 Å². The van der Waals surface area contributed by atoms with Gasteiger partial charge >= 0.3 is 0 Å². The highest BCUT2D eigenvalue weighted by Gasteiger charge is 2.21. The first kappa shape index (κ1) is 23.7. The van der Waals surface area contributed by atoms with E-state index in [-0.39, 0.29) is 24.9 Å². The van der Waals surface area contributed by atoms with E-state index >= 15 is 0 Å². The van der Waals surface area contributed by atoms with Gasteiger partial charge in [-0.1, -0.05) is 48.9 Å². The van der Waals surface area contributed by atoms with E-state index in [0.717, 1.165) is 12.0 Å². The molecule has 2 rings (SSSR count). The van der Waals surface area contributed by atoms with E-state index in [2.05, 4.69) is 5.32 Å². The summed E-state index contributed by atoms with van der Waals surface area (Å²) in [6.07, 6.45) is 2.60. The van der Waals surface area contributed by atoms with Crippen molar-refractivity contribution < 1.29 is 17.9 Å². The Kier molecular flexibility index (Phi) is 8.72. The molecule has 164 valence electrons. The molecule has 2 aromatic carbocycles. The molecule has 30 heavy (non-hydrogen) atoms. The summed E-state index contributed by atoms with van der Waals surface area (Å²) in [4.78, 5) is 12.5. The predicted molar refractivity (Wildman–Crippen MR) is 121 cm³/mol. The lowest BCUT2D eigenvalue weighted by Crippen LogP contribution is -2.33. The summed E-state index contributed by atoms with van der Waals surface area (Å²) in [5, 5.41) is 3.05. The number of carbonyl (C=O) groups excluding carboxylic acids is 1. The quantitative estimate of drug-likeness (QED) is 0.577. The van der Waals surface area contributed by atoms with Gasteiger partial charge in [-0.25, -0.2) is 8.42 Å². The van der Waals surface area contributed by atoms with E-state index < -0.39 is 10.0 Å². The number of anilines is 1. The molecule has 0 saturated heterocycles. The van der Waals surface area contributed by atoms with E-state index in [1.54, 1.807) is 24.3 Å². The third kappa shape index (κ3) is 6.76. The second-order valence-corrected chi connectivity index (χ2v) is 9.19. The Morgan fingerprint density at radius 2 is 1.77 bits per heavy atom. The molecule has 0 fully saturated rings. The second kappa shape index (κ2) is 11.0. The van der Waals surface area contributed by atoms with Crippen LogP contribution in [0.25, 0.3) is 0 Å². The first-order valence-corrected chi connectivity index (χ1v) is 12.2. The average Bonchev–Trinajstić information content (AvgIpc) is 2.70. The predicted octanol–water partition coefficient (Wildman–Crippen LogP) is 4.21. The van der Waals surface area contributed by atoms with Crippen LogP contribution in [-0.2, 0) is 14.8 Å². The number of nitrogens with zero attached hydrogens (tertiary/aromatic N) is 1. The largest absolute Gasteiger partial charge is 0.492 e. The van der Waals surface area contributed by atoms with E-state index in [4.69, 9.17) is 4.74 Å². The monoisotopic (exact) mass is 432 g/mol. The van der Waals surface area contributed by atoms with Gasteiger partial charge in [0.2, 0.25) is 15.9 Å². The summed E-state index contributed by atoms with van der Waals surface area (Å²) in [5.41, 5.74) is 2.74. The van der Waals surface area contributed by atoms with Crippen molar-refractivity contribution in [1.82, 2.24) is 5.32 Å². The van der Waals surface area contributed by atoms with Crippen molar-refractivity contribution in [2.45, 2.75) is 46.1 Å². The molecule has 0 radical (unpaired) electrons. The summed E-state index contributed by atoms with van der Waals surface area (Å²) >= 11 is 0. The molecule has 6 nitrogen and oxygen atoms in total. The highest BCUT2D eigenvalue weighted by Crippen LogP contribution is 2.30. The molecular formula is C23H32N2O4S. The SMILES string of the molecule is CCOc1ccccc1N(CCCC(=O)NC(CC)c1ccc(C)cc1)S(C)(=O)=O. The third-order valence-electron chi connectivity index (χ3n) is 4.82. The van der Waals surface area contributed by atoms with Gasteiger partial charge in [-0.15, -0.1) is 0 Å². The highest BCUT2D eigenvalue weighted by atomic mass is 32.2. The molecule has 0 bridgehead atoms. The molecule has 1 amide bonds. The van der Waals surface area contributed by atoms with Crippen LogP contribution >= 0.6 is 0 Å². The van der Waals surface area contributed by atoms with Gasteiger partial charge in [-0.05, 0) is 44.4 Å². The third-order valence-corrected chi connectivity index (χ3v) is 6.00. The molecule has 0 aliphatic heterocycles. The van der Waals surface area contributed by atoms with Crippen LogP contribution in [0, 0.1) is 6.92 Å². The van der Waals surface area contributed by atoms with Crippen LogP contribution in [-0.4, -0.2) is 33.7 Å². The van der Waals surface area contributed by atoms with E-state index in [0.29, 0.717) is 24.5 Å². The van der Waals surface area contributed by atoms with Gasteiger partial charge in [0.15, 0.2) is 0 Å². The Balaban J connectivity index is 2.01. The maximum Gasteiger partial charge on any atom is 0.232 e. The van der Waals surface area contributed by atoms with E-state index in [1.807, 2.05) is 45.0 Å². The minimum absolute atomic E-state index is 0.0530. The minimum atomic E-state index is -3.51. The Labute approximate surface area is 180 Å². The van der Waals surface area contributed by atoms with Gasteiger partial charge in [0.05, 0.1) is 24.6 Å². The lowest BCUT2D eigenvalue weighted by atomic mass is 10.0. The maximum atomic E-state index is 12.5. The molecule has 1 N–H and O–H groups in total. The molecule has 0 aliphatic carbocycles. The number of amides is 1. The zero-order chi connectivity index (χ0) is 22.1. The molecule has 0 aliphatic rings. The lowest BCUT2D eigenvalue weighted by molar-refractivity contribution is -0.121. The number of carbonyl (C=O) groups is 1. The molecule has 0 spiro atoms. The van der Waals surface area contributed by atoms with Crippen LogP contribution in [0.1, 0.15) is 50.3 Å². The fourth-order valence-corrected chi connectivity index (χ4v) is 4.24. The molecule has 0 heterocycles. The van der Waals surface area contributed by atoms with Crippen molar-refractivity contribution in [2.24, 2.45) is 0 Å². The van der Waals surface area contributed by atoms with E-state index in [9.17, 15) is 13.2 Å². The van der Waals surface area contributed by atoms with E-state index in [1.165, 1.54) is 16.1 Å². The van der Waals surface area contributed by atoms with Crippen LogP contribution in [0.5, 0.6) is 5.75 Å². The molecule has 0 aromatic heterocycles. The zero-order valence-corrected chi connectivity index (χ0v) is 19.0. The fraction of sp³-hybridized carbons (Fsp3) is 0.435. The number of hydrogen-bond donors (Lipinski definition) is 1. The number of sulfonamides is 1. The summed E-state index contributed by atoms with van der Waals surface area (Å²) in [7, 11) is -3.51. The minimum Gasteiger partial charge on any atom is -0.492 e. The van der Waals surface area contributed by atoms with Crippen molar-refractivity contribution in [3.63, 3.8) is 0 Å². The number of rotatable bonds is 11. The van der Waals surface area contributed by atoms with Gasteiger partial charge in [0, 0.05) is 13.0 Å². The molecule has 0 saturated carbocycles. The molecule has 2 aromatic rings. The van der Waals surface area contributed by atoms with Crippen molar-refractivity contribution in [1.29, 1.82) is 0 Å².